The first kappa shape index (κ1) is 11.2. The number of hydrogen-bond acceptors (Lipinski definition) is 3. The normalized spacial score (nSPS) is 11.1. The maximum absolute atomic E-state index is 11.0. The Balaban J connectivity index is 4.23. The predicted octanol–water partition coefficient (Wildman–Crippen LogP) is 0.324. The molecule has 0 aromatic rings. The number of nitrogens with zero attached hydrogens (tertiary/aromatic N) is 1. The molecule has 0 aromatic carbocycles. The molecule has 2 amide bonds. The van der Waals surface area contributed by atoms with Gasteiger partial charge in [0.15, 0.2) is 0 Å². The minimum absolute atomic E-state index is 0.349. The van der Waals surface area contributed by atoms with E-state index in [1.807, 2.05) is 26.2 Å². The van der Waals surface area contributed by atoms with E-state index in [9.17, 15) is 4.79 Å². The molecule has 12 heavy (non-hydrogen) atoms. The molecule has 0 aliphatic heterocycles. The Morgan fingerprint density at radius 2 is 2.08 bits per heavy atom. The van der Waals surface area contributed by atoms with E-state index >= 15 is 0 Å². The molecule has 5 heteroatoms. The van der Waals surface area contributed by atoms with Gasteiger partial charge in [-0.3, -0.25) is 10.4 Å². The molecule has 0 aromatic heterocycles. The first-order chi connectivity index (χ1) is 5.45. The number of carbonyl (C=O) groups excluding carboxylic acids is 1. The summed E-state index contributed by atoms with van der Waals surface area (Å²) in [6.45, 7) is 5.83. The molecule has 0 saturated heterocycles. The van der Waals surface area contributed by atoms with Gasteiger partial charge in [-0.05, 0) is 20.3 Å². The molecular weight excluding hydrogens is 156 g/mol. The third kappa shape index (κ3) is 2.67. The second-order valence-electron chi connectivity index (χ2n) is 3.38. The molecule has 0 radical (unpaired) electrons. The number of carbonyl (C=O) groups is 1. The van der Waals surface area contributed by atoms with Crippen molar-refractivity contribution >= 4 is 6.03 Å². The molecule has 0 heterocycles. The summed E-state index contributed by atoms with van der Waals surface area (Å²) < 4.78 is 0. The van der Waals surface area contributed by atoms with Crippen molar-refractivity contribution in [1.29, 1.82) is 0 Å². The molecule has 0 bridgehead atoms. The van der Waals surface area contributed by atoms with Crippen molar-refractivity contribution in [2.24, 2.45) is 11.7 Å². The number of hydrogen-bond donors (Lipinski definition) is 3. The fraction of sp³-hybridized carbons (Fsp3) is 0.857. The van der Waals surface area contributed by atoms with Gasteiger partial charge in [-0.15, -0.1) is 0 Å². The van der Waals surface area contributed by atoms with Gasteiger partial charge in [-0.25, -0.2) is 16.5 Å². The van der Waals surface area contributed by atoms with Gasteiger partial charge >= 0.3 is 6.03 Å². The quantitative estimate of drug-likeness (QED) is 0.327. The van der Waals surface area contributed by atoms with Crippen LogP contribution in [0.15, 0.2) is 0 Å². The van der Waals surface area contributed by atoms with E-state index in [1.165, 1.54) is 0 Å². The van der Waals surface area contributed by atoms with E-state index in [0.29, 0.717) is 0 Å². The van der Waals surface area contributed by atoms with Crippen LogP contribution in [0.25, 0.3) is 0 Å². The van der Waals surface area contributed by atoms with Crippen LogP contribution in [0.5, 0.6) is 0 Å². The Bertz CT molecular complexity index is 157. The van der Waals surface area contributed by atoms with Gasteiger partial charge in [-0.1, -0.05) is 13.3 Å². The van der Waals surface area contributed by atoms with Crippen molar-refractivity contribution < 1.29 is 4.79 Å². The average molecular weight is 174 g/mol. The van der Waals surface area contributed by atoms with Crippen LogP contribution >= 0.6 is 0 Å². The minimum Gasteiger partial charge on any atom is -0.275 e. The smallest absolute Gasteiger partial charge is 0.275 e. The van der Waals surface area contributed by atoms with E-state index in [0.717, 1.165) is 17.9 Å². The number of hydrazine groups is 2. The molecule has 5 nitrogen and oxygen atoms in total. The summed E-state index contributed by atoms with van der Waals surface area (Å²) in [7, 11) is 0. The number of nitrogens with two attached hydrogens (primary N) is 2. The molecule has 0 rings (SSSR count). The maximum atomic E-state index is 11.0. The highest BCUT2D eigenvalue weighted by Crippen LogP contribution is 2.16. The number of nitrogens with one attached hydrogen (secondary N) is 1. The van der Waals surface area contributed by atoms with Gasteiger partial charge in [0.05, 0.1) is 5.54 Å². The van der Waals surface area contributed by atoms with Crippen molar-refractivity contribution in [3.8, 4) is 0 Å². The summed E-state index contributed by atoms with van der Waals surface area (Å²) in [4.78, 5) is 11.0. The molecule has 5 N–H and O–H groups in total. The van der Waals surface area contributed by atoms with Crippen molar-refractivity contribution in [1.82, 2.24) is 10.4 Å². The van der Waals surface area contributed by atoms with Gasteiger partial charge in [0.25, 0.3) is 0 Å². The molecule has 0 atom stereocenters. The molecular formula is C7H18N4O. The van der Waals surface area contributed by atoms with Gasteiger partial charge in [0.1, 0.15) is 0 Å². The summed E-state index contributed by atoms with van der Waals surface area (Å²) in [6.07, 6.45) is 1.81. The zero-order valence-electron chi connectivity index (χ0n) is 7.92. The van der Waals surface area contributed by atoms with Gasteiger partial charge in [0.2, 0.25) is 0 Å². The minimum atomic E-state index is -0.464. The van der Waals surface area contributed by atoms with E-state index in [-0.39, 0.29) is 5.54 Å². The highest BCUT2D eigenvalue weighted by Gasteiger charge is 2.26. The zero-order chi connectivity index (χ0) is 9.78. The maximum Gasteiger partial charge on any atom is 0.346 e. The Morgan fingerprint density at radius 1 is 1.58 bits per heavy atom. The van der Waals surface area contributed by atoms with Crippen LogP contribution in [0.4, 0.5) is 4.79 Å². The van der Waals surface area contributed by atoms with Crippen molar-refractivity contribution in [3.05, 3.63) is 0 Å². The highest BCUT2D eigenvalue weighted by molar-refractivity contribution is 5.73. The van der Waals surface area contributed by atoms with Crippen LogP contribution in [0.1, 0.15) is 33.6 Å². The summed E-state index contributed by atoms with van der Waals surface area (Å²) in [5, 5.41) is 1.12. The van der Waals surface area contributed by atoms with E-state index < -0.39 is 6.03 Å². The lowest BCUT2D eigenvalue weighted by atomic mass is 9.98. The molecule has 0 unspecified atom stereocenters. The Morgan fingerprint density at radius 3 is 2.42 bits per heavy atom. The van der Waals surface area contributed by atoms with Crippen LogP contribution in [-0.2, 0) is 0 Å². The van der Waals surface area contributed by atoms with Gasteiger partial charge < -0.3 is 0 Å². The van der Waals surface area contributed by atoms with Crippen molar-refractivity contribution in [2.45, 2.75) is 39.2 Å². The highest BCUT2D eigenvalue weighted by atomic mass is 16.2. The van der Waals surface area contributed by atoms with Crippen molar-refractivity contribution in [2.75, 3.05) is 0 Å². The lowest BCUT2D eigenvalue weighted by Crippen LogP contribution is -2.57. The monoisotopic (exact) mass is 174 g/mol. The first-order valence-corrected chi connectivity index (χ1v) is 4.01. The van der Waals surface area contributed by atoms with Gasteiger partial charge in [-0.2, -0.15) is 0 Å². The number of amides is 2. The van der Waals surface area contributed by atoms with E-state index in [1.54, 1.807) is 0 Å². The lowest BCUT2D eigenvalue weighted by molar-refractivity contribution is 0.128. The lowest BCUT2D eigenvalue weighted by Gasteiger charge is -2.33. The molecule has 0 spiro atoms. The Kier molecular flexibility index (Phi) is 3.99. The van der Waals surface area contributed by atoms with E-state index in [2.05, 4.69) is 0 Å². The first-order valence-electron chi connectivity index (χ1n) is 4.01. The predicted molar refractivity (Wildman–Crippen MR) is 47.7 cm³/mol. The fourth-order valence-corrected chi connectivity index (χ4v) is 1.08. The Hall–Kier alpha value is -0.810. The molecule has 72 valence electrons. The molecule has 0 aliphatic rings. The van der Waals surface area contributed by atoms with Crippen molar-refractivity contribution in [3.63, 3.8) is 0 Å². The largest absolute Gasteiger partial charge is 0.346 e. The third-order valence-electron chi connectivity index (χ3n) is 1.86. The SMILES string of the molecule is CCCC(C)(C)N(N)C(=O)NN. The van der Waals surface area contributed by atoms with Crippen LogP contribution in [0.3, 0.4) is 0 Å². The second-order valence-corrected chi connectivity index (χ2v) is 3.38. The Labute approximate surface area is 73.0 Å². The second kappa shape index (κ2) is 4.27. The average Bonchev–Trinajstić information content (AvgIpc) is 2.01. The summed E-state index contributed by atoms with van der Waals surface area (Å²) in [5.74, 6) is 10.5. The topological polar surface area (TPSA) is 84.4 Å². The molecule has 0 saturated carbocycles. The van der Waals surface area contributed by atoms with Crippen LogP contribution in [0, 0.1) is 0 Å². The number of rotatable bonds is 3. The third-order valence-corrected chi connectivity index (χ3v) is 1.86. The molecule has 0 aliphatic carbocycles. The van der Waals surface area contributed by atoms with Gasteiger partial charge in [0, 0.05) is 0 Å². The van der Waals surface area contributed by atoms with Crippen LogP contribution in [-0.4, -0.2) is 16.6 Å². The number of urea groups is 1. The van der Waals surface area contributed by atoms with E-state index in [4.69, 9.17) is 11.7 Å². The summed E-state index contributed by atoms with van der Waals surface area (Å²) in [5.41, 5.74) is 1.64. The fourth-order valence-electron chi connectivity index (χ4n) is 1.08. The summed E-state index contributed by atoms with van der Waals surface area (Å²) >= 11 is 0. The summed E-state index contributed by atoms with van der Waals surface area (Å²) in [6, 6.07) is -0.464. The standard InChI is InChI=1S/C7H18N4O/c1-4-5-7(2,3)11(9)6(12)10-8/h4-5,8-9H2,1-3H3,(H,10,12). The molecule has 0 fully saturated rings. The zero-order valence-corrected chi connectivity index (χ0v) is 7.92. The van der Waals surface area contributed by atoms with Crippen LogP contribution < -0.4 is 17.1 Å². The van der Waals surface area contributed by atoms with Crippen LogP contribution in [0.2, 0.25) is 0 Å².